The Labute approximate surface area is 126 Å². The molecule has 0 heterocycles. The summed E-state index contributed by atoms with van der Waals surface area (Å²) in [5, 5.41) is 0. The maximum absolute atomic E-state index is 3.35. The van der Waals surface area contributed by atoms with E-state index in [9.17, 15) is 0 Å². The molecule has 0 saturated heterocycles. The van der Waals surface area contributed by atoms with Crippen LogP contribution in [0, 0.1) is 11.3 Å². The molecule has 2 unspecified atom stereocenters. The van der Waals surface area contributed by atoms with E-state index in [-0.39, 0.29) is 5.41 Å². The van der Waals surface area contributed by atoms with Crippen LogP contribution in [-0.2, 0) is 0 Å². The van der Waals surface area contributed by atoms with Crippen molar-refractivity contribution >= 4 is 0 Å². The molecule has 0 aromatic rings. The van der Waals surface area contributed by atoms with E-state index in [0.29, 0.717) is 5.92 Å². The molecule has 1 aliphatic carbocycles. The minimum atomic E-state index is 0.186. The SMILES string of the molecule is CC=C=C(C)/C(C)=C(/C)C(C)(C=C1CCC1)C(C)CC. The fourth-order valence-electron chi connectivity index (χ4n) is 3.00. The lowest BCUT2D eigenvalue weighted by Crippen LogP contribution is -2.26. The summed E-state index contributed by atoms with van der Waals surface area (Å²) < 4.78 is 0. The zero-order valence-corrected chi connectivity index (χ0v) is 14.6. The summed E-state index contributed by atoms with van der Waals surface area (Å²) in [4.78, 5) is 0. The summed E-state index contributed by atoms with van der Waals surface area (Å²) in [6, 6.07) is 0. The third kappa shape index (κ3) is 3.55. The molecule has 2 atom stereocenters. The second kappa shape index (κ2) is 7.14. The topological polar surface area (TPSA) is 0 Å². The largest absolute Gasteiger partial charge is 0.122 e. The first-order valence-electron chi connectivity index (χ1n) is 8.13. The van der Waals surface area contributed by atoms with Gasteiger partial charge in [-0.2, -0.15) is 0 Å². The first-order chi connectivity index (χ1) is 9.36. The van der Waals surface area contributed by atoms with E-state index < -0.39 is 0 Å². The first kappa shape index (κ1) is 17.1. The molecule has 0 N–H and O–H groups in total. The fraction of sp³-hybridized carbons (Fsp3) is 0.650. The van der Waals surface area contributed by atoms with Crippen molar-refractivity contribution in [1.29, 1.82) is 0 Å². The van der Waals surface area contributed by atoms with Crippen molar-refractivity contribution in [3.05, 3.63) is 40.2 Å². The highest BCUT2D eigenvalue weighted by Crippen LogP contribution is 2.44. The summed E-state index contributed by atoms with van der Waals surface area (Å²) in [6.45, 7) is 15.9. The van der Waals surface area contributed by atoms with Gasteiger partial charge in [0, 0.05) is 5.41 Å². The van der Waals surface area contributed by atoms with Gasteiger partial charge in [-0.1, -0.05) is 44.4 Å². The molecule has 0 radical (unpaired) electrons. The number of rotatable bonds is 5. The molecule has 0 nitrogen and oxygen atoms in total. The standard InChI is InChI=1S/C20H32/c1-8-11-15(3)17(5)18(6)20(7,16(4)9-2)14-19-12-10-13-19/h8,14,16H,9-10,12-13H2,1-7H3/b18-17-. The highest BCUT2D eigenvalue weighted by Gasteiger charge is 2.32. The van der Waals surface area contributed by atoms with E-state index in [1.807, 2.05) is 13.0 Å². The van der Waals surface area contributed by atoms with Crippen LogP contribution in [0.15, 0.2) is 40.2 Å². The quantitative estimate of drug-likeness (QED) is 0.300. The van der Waals surface area contributed by atoms with Crippen molar-refractivity contribution in [3.63, 3.8) is 0 Å². The Bertz CT molecular complexity index is 460. The number of allylic oxidation sites excluding steroid dienone is 5. The number of hydrogen-bond donors (Lipinski definition) is 0. The summed E-state index contributed by atoms with van der Waals surface area (Å²) >= 11 is 0. The van der Waals surface area contributed by atoms with Crippen LogP contribution < -0.4 is 0 Å². The highest BCUT2D eigenvalue weighted by molar-refractivity contribution is 5.37. The van der Waals surface area contributed by atoms with Gasteiger partial charge in [-0.25, -0.2) is 0 Å². The molecule has 20 heavy (non-hydrogen) atoms. The molecule has 0 bridgehead atoms. The van der Waals surface area contributed by atoms with E-state index >= 15 is 0 Å². The lowest BCUT2D eigenvalue weighted by atomic mass is 9.67. The van der Waals surface area contributed by atoms with Crippen molar-refractivity contribution < 1.29 is 0 Å². The van der Waals surface area contributed by atoms with Crippen LogP contribution in [0.4, 0.5) is 0 Å². The van der Waals surface area contributed by atoms with Gasteiger partial charge in [0.25, 0.3) is 0 Å². The van der Waals surface area contributed by atoms with Crippen LogP contribution in [0.25, 0.3) is 0 Å². The van der Waals surface area contributed by atoms with Gasteiger partial charge < -0.3 is 0 Å². The molecular weight excluding hydrogens is 240 g/mol. The Kier molecular flexibility index (Phi) is 6.08. The molecule has 0 heteroatoms. The zero-order chi connectivity index (χ0) is 15.3. The molecule has 0 aromatic heterocycles. The molecular formula is C20H32. The average Bonchev–Trinajstić information content (AvgIpc) is 2.40. The average molecular weight is 272 g/mol. The van der Waals surface area contributed by atoms with Crippen molar-refractivity contribution in [3.8, 4) is 0 Å². The molecule has 1 rings (SSSR count). The predicted octanol–water partition coefficient (Wildman–Crippen LogP) is 6.61. The molecule has 0 aliphatic heterocycles. The Morgan fingerprint density at radius 1 is 1.30 bits per heavy atom. The van der Waals surface area contributed by atoms with Crippen molar-refractivity contribution in [2.45, 2.75) is 74.1 Å². The van der Waals surface area contributed by atoms with E-state index in [4.69, 9.17) is 0 Å². The Morgan fingerprint density at radius 3 is 2.30 bits per heavy atom. The van der Waals surface area contributed by atoms with Gasteiger partial charge in [-0.3, -0.25) is 0 Å². The van der Waals surface area contributed by atoms with Crippen LogP contribution in [0.5, 0.6) is 0 Å². The van der Waals surface area contributed by atoms with Crippen LogP contribution in [0.2, 0.25) is 0 Å². The third-order valence-corrected chi connectivity index (χ3v) is 5.43. The highest BCUT2D eigenvalue weighted by atomic mass is 14.4. The third-order valence-electron chi connectivity index (χ3n) is 5.43. The summed E-state index contributed by atoms with van der Waals surface area (Å²) in [5.41, 5.74) is 9.38. The van der Waals surface area contributed by atoms with Gasteiger partial charge in [0.15, 0.2) is 0 Å². The van der Waals surface area contributed by atoms with Gasteiger partial charge >= 0.3 is 0 Å². The zero-order valence-electron chi connectivity index (χ0n) is 14.6. The molecule has 1 fully saturated rings. The number of hydrogen-bond acceptors (Lipinski definition) is 0. The van der Waals surface area contributed by atoms with E-state index in [1.54, 1.807) is 5.57 Å². The molecule has 0 spiro atoms. The molecule has 0 amide bonds. The van der Waals surface area contributed by atoms with Gasteiger partial charge in [0.2, 0.25) is 0 Å². The Balaban J connectivity index is 3.30. The minimum absolute atomic E-state index is 0.186. The van der Waals surface area contributed by atoms with Gasteiger partial charge in [-0.15, -0.1) is 5.73 Å². The van der Waals surface area contributed by atoms with E-state index in [2.05, 4.69) is 53.3 Å². The van der Waals surface area contributed by atoms with Gasteiger partial charge in [-0.05, 0) is 70.1 Å². The molecule has 0 aromatic carbocycles. The van der Waals surface area contributed by atoms with E-state index in [0.717, 1.165) is 0 Å². The van der Waals surface area contributed by atoms with Crippen LogP contribution in [0.3, 0.4) is 0 Å². The van der Waals surface area contributed by atoms with Gasteiger partial charge in [0.1, 0.15) is 0 Å². The molecule has 112 valence electrons. The lowest BCUT2D eigenvalue weighted by Gasteiger charge is -2.37. The summed E-state index contributed by atoms with van der Waals surface area (Å²) in [6.07, 6.45) is 9.80. The van der Waals surface area contributed by atoms with Crippen molar-refractivity contribution in [2.75, 3.05) is 0 Å². The summed E-state index contributed by atoms with van der Waals surface area (Å²) in [7, 11) is 0. The Morgan fingerprint density at radius 2 is 1.90 bits per heavy atom. The molecule has 1 saturated carbocycles. The maximum Gasteiger partial charge on any atom is 0.00938 e. The molecule has 1 aliphatic rings. The van der Waals surface area contributed by atoms with Crippen LogP contribution in [0.1, 0.15) is 74.1 Å². The normalized spacial score (nSPS) is 20.1. The van der Waals surface area contributed by atoms with Crippen molar-refractivity contribution in [2.24, 2.45) is 11.3 Å². The summed E-state index contributed by atoms with van der Waals surface area (Å²) in [5.74, 6) is 0.670. The second-order valence-corrected chi connectivity index (χ2v) is 6.56. The maximum atomic E-state index is 3.35. The van der Waals surface area contributed by atoms with Crippen LogP contribution >= 0.6 is 0 Å². The monoisotopic (exact) mass is 272 g/mol. The lowest BCUT2D eigenvalue weighted by molar-refractivity contribution is 0.315. The smallest absolute Gasteiger partial charge is 0.00938 e. The first-order valence-corrected chi connectivity index (χ1v) is 8.13. The second-order valence-electron chi connectivity index (χ2n) is 6.56. The van der Waals surface area contributed by atoms with Crippen LogP contribution in [-0.4, -0.2) is 0 Å². The minimum Gasteiger partial charge on any atom is -0.122 e. The Hall–Kier alpha value is -1.00. The fourth-order valence-corrected chi connectivity index (χ4v) is 3.00. The van der Waals surface area contributed by atoms with E-state index in [1.165, 1.54) is 42.4 Å². The predicted molar refractivity (Wildman–Crippen MR) is 90.8 cm³/mol. The van der Waals surface area contributed by atoms with Crippen molar-refractivity contribution in [1.82, 2.24) is 0 Å². The van der Waals surface area contributed by atoms with Gasteiger partial charge in [0.05, 0.1) is 0 Å².